The third-order valence-corrected chi connectivity index (χ3v) is 5.96. The molecule has 2 heterocycles. The zero-order valence-electron chi connectivity index (χ0n) is 17.5. The van der Waals surface area contributed by atoms with E-state index in [1.807, 2.05) is 31.2 Å². The standard InChI is InChI=1S/C24H24ClNO5/c1-3-4-11-30-16-7-5-15(6-8-16)21-20-22(28)17-13-18(25)14(2)12-19(17)31-23(20)24(29)26(21)9-10-27/h5-8,12-13,21,27H,3-4,9-11H2,1-2H3. The highest BCUT2D eigenvalue weighted by molar-refractivity contribution is 6.32. The van der Waals surface area contributed by atoms with Crippen LogP contribution < -0.4 is 10.2 Å². The first-order chi connectivity index (χ1) is 15.0. The number of carbonyl (C=O) groups is 1. The van der Waals surface area contributed by atoms with Crippen molar-refractivity contribution in [1.82, 2.24) is 4.90 Å². The van der Waals surface area contributed by atoms with Crippen LogP contribution in [-0.2, 0) is 0 Å². The molecule has 1 atom stereocenters. The third kappa shape index (κ3) is 3.82. The fourth-order valence-electron chi connectivity index (χ4n) is 3.91. The number of aliphatic hydroxyl groups is 1. The smallest absolute Gasteiger partial charge is 0.290 e. The van der Waals surface area contributed by atoms with Crippen LogP contribution >= 0.6 is 11.6 Å². The molecule has 4 rings (SSSR count). The number of unbranched alkanes of at least 4 members (excludes halogenated alkanes) is 1. The summed E-state index contributed by atoms with van der Waals surface area (Å²) in [6.45, 7) is 4.39. The van der Waals surface area contributed by atoms with Crippen LogP contribution in [0, 0.1) is 6.92 Å². The van der Waals surface area contributed by atoms with Gasteiger partial charge in [-0.2, -0.15) is 0 Å². The van der Waals surface area contributed by atoms with Gasteiger partial charge in [-0.25, -0.2) is 0 Å². The van der Waals surface area contributed by atoms with Gasteiger partial charge in [-0.3, -0.25) is 9.59 Å². The number of fused-ring (bicyclic) bond motifs is 2. The molecule has 0 saturated carbocycles. The molecule has 6 nitrogen and oxygen atoms in total. The summed E-state index contributed by atoms with van der Waals surface area (Å²) in [5, 5.41) is 10.3. The third-order valence-electron chi connectivity index (χ3n) is 5.55. The van der Waals surface area contributed by atoms with E-state index in [-0.39, 0.29) is 29.9 Å². The Bertz CT molecular complexity index is 1190. The monoisotopic (exact) mass is 441 g/mol. The summed E-state index contributed by atoms with van der Waals surface area (Å²) in [6, 6.07) is 9.92. The summed E-state index contributed by atoms with van der Waals surface area (Å²) in [5.74, 6) is 0.327. The molecule has 1 unspecified atom stereocenters. The number of β-amino-alcohol motifs (C(OH)–C–C–N with tert-alkyl or cyclic N) is 1. The van der Waals surface area contributed by atoms with E-state index in [0.717, 1.165) is 29.7 Å². The summed E-state index contributed by atoms with van der Waals surface area (Å²) in [6.07, 6.45) is 2.01. The molecule has 1 amide bonds. The molecular weight excluding hydrogens is 418 g/mol. The summed E-state index contributed by atoms with van der Waals surface area (Å²) in [7, 11) is 0. The van der Waals surface area contributed by atoms with Crippen molar-refractivity contribution < 1.29 is 19.1 Å². The molecule has 7 heteroatoms. The predicted molar refractivity (Wildman–Crippen MR) is 119 cm³/mol. The lowest BCUT2D eigenvalue weighted by Crippen LogP contribution is -2.32. The van der Waals surface area contributed by atoms with Crippen LogP contribution in [0.1, 0.15) is 53.1 Å². The molecule has 0 spiro atoms. The number of nitrogens with zero attached hydrogens (tertiary/aromatic N) is 1. The van der Waals surface area contributed by atoms with Gasteiger partial charge in [0.1, 0.15) is 11.3 Å². The van der Waals surface area contributed by atoms with Gasteiger partial charge in [-0.1, -0.05) is 37.1 Å². The molecule has 2 aromatic carbocycles. The lowest BCUT2D eigenvalue weighted by Gasteiger charge is -2.24. The average molecular weight is 442 g/mol. The Hall–Kier alpha value is -2.83. The average Bonchev–Trinajstić information content (AvgIpc) is 3.03. The second-order valence-corrected chi connectivity index (χ2v) is 8.07. The van der Waals surface area contributed by atoms with Gasteiger partial charge in [0.05, 0.1) is 30.2 Å². The fraction of sp³-hybridized carbons (Fsp3) is 0.333. The van der Waals surface area contributed by atoms with E-state index in [9.17, 15) is 14.7 Å². The normalized spacial score (nSPS) is 15.5. The molecule has 0 bridgehead atoms. The van der Waals surface area contributed by atoms with E-state index in [0.29, 0.717) is 22.6 Å². The second kappa shape index (κ2) is 8.73. The summed E-state index contributed by atoms with van der Waals surface area (Å²) in [5.41, 5.74) is 1.80. The van der Waals surface area contributed by atoms with Gasteiger partial charge in [0.15, 0.2) is 5.43 Å². The maximum Gasteiger partial charge on any atom is 0.290 e. The zero-order valence-corrected chi connectivity index (χ0v) is 18.2. The molecular formula is C24H24ClNO5. The maximum absolute atomic E-state index is 13.4. The largest absolute Gasteiger partial charge is 0.494 e. The topological polar surface area (TPSA) is 80.0 Å². The number of amides is 1. The van der Waals surface area contributed by atoms with Crippen LogP contribution in [0.25, 0.3) is 11.0 Å². The van der Waals surface area contributed by atoms with E-state index in [2.05, 4.69) is 6.92 Å². The molecule has 0 fully saturated rings. The number of halogens is 1. The minimum absolute atomic E-state index is 0.0148. The Labute approximate surface area is 185 Å². The quantitative estimate of drug-likeness (QED) is 0.547. The summed E-state index contributed by atoms with van der Waals surface area (Å²) < 4.78 is 11.6. The molecule has 3 aromatic rings. The minimum Gasteiger partial charge on any atom is -0.494 e. The first-order valence-electron chi connectivity index (χ1n) is 10.4. The van der Waals surface area contributed by atoms with Crippen LogP contribution in [0.15, 0.2) is 45.6 Å². The van der Waals surface area contributed by atoms with Gasteiger partial charge in [-0.05, 0) is 48.7 Å². The fourth-order valence-corrected chi connectivity index (χ4v) is 4.07. The Morgan fingerprint density at radius 3 is 2.61 bits per heavy atom. The van der Waals surface area contributed by atoms with Gasteiger partial charge in [-0.15, -0.1) is 0 Å². The minimum atomic E-state index is -0.653. The van der Waals surface area contributed by atoms with Crippen molar-refractivity contribution in [1.29, 1.82) is 0 Å². The SMILES string of the molecule is CCCCOc1ccc(C2c3c(oc4cc(C)c(Cl)cc4c3=O)C(=O)N2CCO)cc1. The van der Waals surface area contributed by atoms with Gasteiger partial charge in [0.25, 0.3) is 5.91 Å². The second-order valence-electron chi connectivity index (χ2n) is 7.67. The van der Waals surface area contributed by atoms with Crippen LogP contribution in [0.2, 0.25) is 5.02 Å². The molecule has 1 aromatic heterocycles. The first kappa shape index (κ1) is 21.4. The van der Waals surface area contributed by atoms with Crippen molar-refractivity contribution in [3.63, 3.8) is 0 Å². The van der Waals surface area contributed by atoms with Crippen LogP contribution in [0.3, 0.4) is 0 Å². The van der Waals surface area contributed by atoms with Crippen molar-refractivity contribution >= 4 is 28.5 Å². The van der Waals surface area contributed by atoms with Crippen LogP contribution in [-0.4, -0.2) is 35.7 Å². The molecule has 162 valence electrons. The number of aryl methyl sites for hydroxylation is 1. The van der Waals surface area contributed by atoms with Crippen LogP contribution in [0.5, 0.6) is 5.75 Å². The van der Waals surface area contributed by atoms with Crippen molar-refractivity contribution in [2.75, 3.05) is 19.8 Å². The van der Waals surface area contributed by atoms with E-state index in [1.165, 1.54) is 4.90 Å². The number of carbonyl (C=O) groups excluding carboxylic acids is 1. The van der Waals surface area contributed by atoms with Gasteiger partial charge in [0, 0.05) is 11.6 Å². The van der Waals surface area contributed by atoms with Gasteiger partial charge in [0.2, 0.25) is 5.76 Å². The van der Waals surface area contributed by atoms with Gasteiger partial charge >= 0.3 is 0 Å². The van der Waals surface area contributed by atoms with Crippen molar-refractivity contribution in [2.45, 2.75) is 32.7 Å². The molecule has 1 aliphatic heterocycles. The van der Waals surface area contributed by atoms with E-state index in [1.54, 1.807) is 12.1 Å². The van der Waals surface area contributed by atoms with Gasteiger partial charge < -0.3 is 19.2 Å². The lowest BCUT2D eigenvalue weighted by atomic mass is 9.98. The molecule has 1 aliphatic rings. The number of hydrogen-bond acceptors (Lipinski definition) is 5. The molecule has 0 aliphatic carbocycles. The molecule has 1 N–H and O–H groups in total. The van der Waals surface area contributed by atoms with Crippen molar-refractivity contribution in [2.24, 2.45) is 0 Å². The Morgan fingerprint density at radius 1 is 1.19 bits per heavy atom. The van der Waals surface area contributed by atoms with Crippen molar-refractivity contribution in [3.05, 3.63) is 74.1 Å². The predicted octanol–water partition coefficient (Wildman–Crippen LogP) is 4.47. The van der Waals surface area contributed by atoms with Crippen molar-refractivity contribution in [3.8, 4) is 5.75 Å². The lowest BCUT2D eigenvalue weighted by molar-refractivity contribution is 0.0691. The summed E-state index contributed by atoms with van der Waals surface area (Å²) >= 11 is 6.24. The molecule has 0 saturated heterocycles. The van der Waals surface area contributed by atoms with Crippen LogP contribution in [0.4, 0.5) is 0 Å². The highest BCUT2D eigenvalue weighted by atomic mass is 35.5. The number of benzene rings is 2. The number of ether oxygens (including phenoxy) is 1. The Kier molecular flexibility index (Phi) is 6.03. The Balaban J connectivity index is 1.82. The van der Waals surface area contributed by atoms with E-state index < -0.39 is 11.9 Å². The number of hydrogen-bond donors (Lipinski definition) is 1. The maximum atomic E-state index is 13.4. The molecule has 0 radical (unpaired) electrons. The molecule has 31 heavy (non-hydrogen) atoms. The number of rotatable bonds is 7. The highest BCUT2D eigenvalue weighted by Gasteiger charge is 2.42. The highest BCUT2D eigenvalue weighted by Crippen LogP contribution is 2.38. The zero-order chi connectivity index (χ0) is 22.1. The van der Waals surface area contributed by atoms with E-state index >= 15 is 0 Å². The first-order valence-corrected chi connectivity index (χ1v) is 10.8. The summed E-state index contributed by atoms with van der Waals surface area (Å²) in [4.78, 5) is 28.0. The van der Waals surface area contributed by atoms with E-state index in [4.69, 9.17) is 20.8 Å². The Morgan fingerprint density at radius 2 is 1.94 bits per heavy atom. The number of aliphatic hydroxyl groups excluding tert-OH is 1.